The molecule has 138 valence electrons. The number of hydrogen-bond acceptors (Lipinski definition) is 7. The van der Waals surface area contributed by atoms with Gasteiger partial charge in [0.2, 0.25) is 5.78 Å². The zero-order chi connectivity index (χ0) is 18.4. The highest BCUT2D eigenvalue weighted by Gasteiger charge is 2.61. The van der Waals surface area contributed by atoms with E-state index in [2.05, 4.69) is 14.2 Å². The minimum absolute atomic E-state index is 0.0244. The molecule has 0 bridgehead atoms. The smallest absolute Gasteiger partial charge is 0.353 e. The van der Waals surface area contributed by atoms with Crippen LogP contribution in [-0.4, -0.2) is 60.0 Å². The maximum atomic E-state index is 14.5. The van der Waals surface area contributed by atoms with Gasteiger partial charge in [-0.25, -0.2) is 18.2 Å². The van der Waals surface area contributed by atoms with Crippen LogP contribution >= 0.6 is 0 Å². The summed E-state index contributed by atoms with van der Waals surface area (Å²) in [4.78, 5) is 18.1. The first-order valence-electron chi connectivity index (χ1n) is 6.90. The Morgan fingerprint density at radius 3 is 2.62 bits per heavy atom. The fourth-order valence-electron chi connectivity index (χ4n) is 1.79. The van der Waals surface area contributed by atoms with Crippen molar-refractivity contribution in [2.45, 2.75) is 36.7 Å². The van der Waals surface area contributed by atoms with Crippen LogP contribution in [0.1, 0.15) is 18.5 Å². The Morgan fingerprint density at radius 2 is 2.12 bits per heavy atom. The van der Waals surface area contributed by atoms with Gasteiger partial charge < -0.3 is 15.8 Å². The third kappa shape index (κ3) is 4.53. The monoisotopic (exact) mass is 373 g/mol. The van der Waals surface area contributed by atoms with Crippen molar-refractivity contribution in [3.8, 4) is 0 Å². The van der Waals surface area contributed by atoms with E-state index in [0.29, 0.717) is 0 Å². The van der Waals surface area contributed by atoms with E-state index in [1.807, 2.05) is 0 Å². The van der Waals surface area contributed by atoms with Crippen LogP contribution < -0.4 is 5.73 Å². The molecule has 0 amide bonds. The van der Waals surface area contributed by atoms with E-state index >= 15 is 0 Å². The van der Waals surface area contributed by atoms with Crippen LogP contribution in [-0.2, 0) is 25.5 Å². The van der Waals surface area contributed by atoms with Crippen molar-refractivity contribution >= 4 is 15.9 Å². The van der Waals surface area contributed by atoms with E-state index < -0.39 is 46.4 Å². The van der Waals surface area contributed by atoms with Crippen molar-refractivity contribution in [2.75, 3.05) is 13.2 Å². The Kier molecular flexibility index (Phi) is 7.32. The molecule has 0 aliphatic heterocycles. The van der Waals surface area contributed by atoms with Crippen LogP contribution in [0, 0.1) is 0 Å². The molecule has 0 aromatic carbocycles. The second kappa shape index (κ2) is 8.55. The average Bonchev–Trinajstić information content (AvgIpc) is 3.02. The van der Waals surface area contributed by atoms with Crippen LogP contribution in [0.25, 0.3) is 0 Å². The van der Waals surface area contributed by atoms with Crippen molar-refractivity contribution < 1.29 is 35.7 Å². The second-order valence-electron chi connectivity index (χ2n) is 4.90. The summed E-state index contributed by atoms with van der Waals surface area (Å²) in [6.45, 7) is -0.933. The molecule has 0 radical (unpaired) electrons. The molecule has 1 heterocycles. The van der Waals surface area contributed by atoms with Crippen LogP contribution in [0.2, 0.25) is 0 Å². The zero-order valence-electron chi connectivity index (χ0n) is 12.5. The number of nitrogens with zero attached hydrogens (tertiary/aromatic N) is 1. The number of imidazole rings is 1. The number of unbranched alkanes of at least 4 members (excludes halogenated alkanes) is 1. The lowest BCUT2D eigenvalue weighted by molar-refractivity contribution is -0.134. The van der Waals surface area contributed by atoms with Crippen molar-refractivity contribution in [1.29, 1.82) is 0 Å². The molecule has 2 atom stereocenters. The number of ketones is 1. The van der Waals surface area contributed by atoms with Gasteiger partial charge in [-0.05, 0) is 12.8 Å². The summed E-state index contributed by atoms with van der Waals surface area (Å²) in [5.74, 6) is -2.01. The number of aliphatic hydroxyl groups excluding tert-OH is 1. The number of nitrogens with one attached hydrogen (secondary N) is 1. The summed E-state index contributed by atoms with van der Waals surface area (Å²) < 4.78 is 68.4. The SMILES string of the molecule is N[C@@H](Cc1cnc[nH]1)C(=O)C(F)(C(F)F)S(=O)(=O)OCCCCO. The van der Waals surface area contributed by atoms with E-state index in [1.54, 1.807) is 0 Å². The quantitative estimate of drug-likeness (QED) is 0.364. The van der Waals surface area contributed by atoms with Crippen LogP contribution in [0.3, 0.4) is 0 Å². The topological polar surface area (TPSA) is 135 Å². The molecule has 0 aliphatic carbocycles. The fraction of sp³-hybridized carbons (Fsp3) is 0.667. The summed E-state index contributed by atoms with van der Waals surface area (Å²) in [6.07, 6.45) is -2.03. The highest BCUT2D eigenvalue weighted by molar-refractivity contribution is 7.88. The Morgan fingerprint density at radius 1 is 1.46 bits per heavy atom. The Bertz CT molecular complexity index is 626. The summed E-state index contributed by atoms with van der Waals surface area (Å²) in [6, 6.07) is -1.85. The number of rotatable bonds is 11. The Hall–Kier alpha value is -1.50. The van der Waals surface area contributed by atoms with Crippen LogP contribution in [0.15, 0.2) is 12.5 Å². The molecule has 0 saturated carbocycles. The molecule has 1 rings (SSSR count). The largest absolute Gasteiger partial charge is 0.396 e. The van der Waals surface area contributed by atoms with E-state index in [4.69, 9.17) is 10.8 Å². The zero-order valence-corrected chi connectivity index (χ0v) is 13.3. The standard InChI is InChI=1S/C12H18F3N3O5S/c13-11(14)12(15,24(21,22)23-4-2-1-3-19)10(20)9(16)5-8-6-17-7-18-8/h6-7,9,11,19H,1-5,16H2,(H,17,18)/t9-,12?/m0/s1. The molecule has 0 saturated heterocycles. The van der Waals surface area contributed by atoms with Crippen LogP contribution in [0.4, 0.5) is 13.2 Å². The van der Waals surface area contributed by atoms with Gasteiger partial charge in [-0.1, -0.05) is 0 Å². The molecule has 1 unspecified atom stereocenters. The van der Waals surface area contributed by atoms with Crippen molar-refractivity contribution in [3.05, 3.63) is 18.2 Å². The summed E-state index contributed by atoms with van der Waals surface area (Å²) in [5.41, 5.74) is 5.63. The van der Waals surface area contributed by atoms with E-state index in [0.717, 1.165) is 0 Å². The molecule has 24 heavy (non-hydrogen) atoms. The predicted octanol–water partition coefficient (Wildman–Crippen LogP) is -0.102. The van der Waals surface area contributed by atoms with Gasteiger partial charge in [0, 0.05) is 24.9 Å². The maximum Gasteiger partial charge on any atom is 0.353 e. The normalized spacial score (nSPS) is 16.1. The fourth-order valence-corrected chi connectivity index (χ4v) is 2.91. The number of hydrogen-bond donors (Lipinski definition) is 3. The first-order valence-corrected chi connectivity index (χ1v) is 8.31. The first kappa shape index (κ1) is 20.5. The summed E-state index contributed by atoms with van der Waals surface area (Å²) in [5, 5.41) is 3.97. The van der Waals surface area contributed by atoms with E-state index in [1.165, 1.54) is 12.5 Å². The minimum Gasteiger partial charge on any atom is -0.396 e. The van der Waals surface area contributed by atoms with E-state index in [9.17, 15) is 26.4 Å². The average molecular weight is 373 g/mol. The second-order valence-corrected chi connectivity index (χ2v) is 6.64. The van der Waals surface area contributed by atoms with Crippen molar-refractivity contribution in [3.63, 3.8) is 0 Å². The lowest BCUT2D eigenvalue weighted by Gasteiger charge is -2.25. The maximum absolute atomic E-state index is 14.5. The molecule has 0 aliphatic rings. The molecule has 8 nitrogen and oxygen atoms in total. The predicted molar refractivity (Wildman–Crippen MR) is 76.3 cm³/mol. The molecule has 0 fully saturated rings. The number of aromatic nitrogens is 2. The number of aliphatic hydroxyl groups is 1. The lowest BCUT2D eigenvalue weighted by atomic mass is 10.0. The van der Waals surface area contributed by atoms with Gasteiger partial charge in [0.15, 0.2) is 0 Å². The molecular formula is C12H18F3N3O5S. The molecule has 12 heteroatoms. The summed E-state index contributed by atoms with van der Waals surface area (Å²) in [7, 11) is -5.58. The molecule has 0 spiro atoms. The van der Waals surface area contributed by atoms with Crippen LogP contribution in [0.5, 0.6) is 0 Å². The molecule has 4 N–H and O–H groups in total. The minimum atomic E-state index is -5.58. The lowest BCUT2D eigenvalue weighted by Crippen LogP contribution is -2.56. The molecular weight excluding hydrogens is 355 g/mol. The van der Waals surface area contributed by atoms with Gasteiger partial charge in [-0.15, -0.1) is 0 Å². The summed E-state index contributed by atoms with van der Waals surface area (Å²) >= 11 is 0. The van der Waals surface area contributed by atoms with Gasteiger partial charge in [0.05, 0.1) is 19.0 Å². The number of carbonyl (C=O) groups is 1. The Labute approximate surface area is 136 Å². The van der Waals surface area contributed by atoms with Gasteiger partial charge in [-0.3, -0.25) is 8.98 Å². The number of alkyl halides is 3. The number of Topliss-reactive ketones (excluding diaryl/α,β-unsaturated/α-hetero) is 1. The van der Waals surface area contributed by atoms with Crippen molar-refractivity contribution in [1.82, 2.24) is 9.97 Å². The number of nitrogens with two attached hydrogens (primary N) is 1. The molecule has 1 aromatic rings. The van der Waals surface area contributed by atoms with E-state index in [-0.39, 0.29) is 25.1 Å². The van der Waals surface area contributed by atoms with Gasteiger partial charge in [0.1, 0.15) is 0 Å². The third-order valence-corrected chi connectivity index (χ3v) is 4.69. The van der Waals surface area contributed by atoms with Gasteiger partial charge in [-0.2, -0.15) is 8.42 Å². The first-order chi connectivity index (χ1) is 11.2. The number of H-pyrrole nitrogens is 1. The number of halogens is 3. The molecule has 1 aromatic heterocycles. The highest BCUT2D eigenvalue weighted by Crippen LogP contribution is 2.32. The van der Waals surface area contributed by atoms with Crippen molar-refractivity contribution in [2.24, 2.45) is 5.73 Å². The highest BCUT2D eigenvalue weighted by atomic mass is 32.2. The number of aromatic amines is 1. The van der Waals surface area contributed by atoms with Gasteiger partial charge in [0.25, 0.3) is 6.43 Å². The Balaban J connectivity index is 2.94. The third-order valence-electron chi connectivity index (χ3n) is 3.10. The van der Waals surface area contributed by atoms with Gasteiger partial charge >= 0.3 is 15.1 Å². The number of carbonyl (C=O) groups excluding carboxylic acids is 1.